The maximum Gasteiger partial charge on any atom is 0.127 e. The Labute approximate surface area is 219 Å². The van der Waals surface area contributed by atoms with E-state index >= 15 is 0 Å². The number of hydrogen-bond donors (Lipinski definition) is 0. The summed E-state index contributed by atoms with van der Waals surface area (Å²) in [6.07, 6.45) is 0.928. The lowest BCUT2D eigenvalue weighted by molar-refractivity contribution is -0.00000692. The molecule has 3 heteroatoms. The summed E-state index contributed by atoms with van der Waals surface area (Å²) in [6, 6.07) is 51.5. The van der Waals surface area contributed by atoms with Gasteiger partial charge in [0.25, 0.3) is 0 Å². The highest BCUT2D eigenvalue weighted by atomic mass is 127. The number of para-hydroxylation sites is 1. The van der Waals surface area contributed by atoms with Crippen LogP contribution in [0.2, 0.25) is 0 Å². The van der Waals surface area contributed by atoms with Crippen LogP contribution in [0.1, 0.15) is 5.56 Å². The predicted octanol–water partition coefficient (Wildman–Crippen LogP) is 3.98. The van der Waals surface area contributed by atoms with Gasteiger partial charge in [0, 0.05) is 0 Å². The number of ether oxygens (including phenoxy) is 1. The predicted molar refractivity (Wildman–Crippen MR) is 142 cm³/mol. The molecule has 34 heavy (non-hydrogen) atoms. The van der Waals surface area contributed by atoms with Crippen molar-refractivity contribution >= 4 is 23.2 Å². The molecular weight excluding hydrogens is 546 g/mol. The molecule has 5 rings (SSSR count). The van der Waals surface area contributed by atoms with E-state index in [-0.39, 0.29) is 24.0 Å². The van der Waals surface area contributed by atoms with Gasteiger partial charge in [-0.05, 0) is 66.2 Å². The van der Waals surface area contributed by atoms with Crippen LogP contribution in [0.15, 0.2) is 146 Å². The SMILES string of the molecule is [I-].c1ccc(Oc2cccc(C[P+](c3ccccc3)(c3ccccc3)c3ccccc3)c2)cc1. The van der Waals surface area contributed by atoms with E-state index in [1.165, 1.54) is 21.5 Å². The van der Waals surface area contributed by atoms with Crippen molar-refractivity contribution in [2.75, 3.05) is 0 Å². The van der Waals surface area contributed by atoms with Gasteiger partial charge >= 0.3 is 0 Å². The van der Waals surface area contributed by atoms with Crippen LogP contribution in [0.3, 0.4) is 0 Å². The molecule has 0 bridgehead atoms. The third-order valence-electron chi connectivity index (χ3n) is 5.89. The van der Waals surface area contributed by atoms with Crippen molar-refractivity contribution in [3.63, 3.8) is 0 Å². The maximum absolute atomic E-state index is 6.16. The summed E-state index contributed by atoms with van der Waals surface area (Å²) < 4.78 is 6.16. The van der Waals surface area contributed by atoms with Crippen molar-refractivity contribution in [3.8, 4) is 11.5 Å². The second-order valence-electron chi connectivity index (χ2n) is 8.04. The van der Waals surface area contributed by atoms with Crippen LogP contribution in [0.4, 0.5) is 0 Å². The molecule has 0 unspecified atom stereocenters. The van der Waals surface area contributed by atoms with Crippen LogP contribution in [0, 0.1) is 0 Å². The summed E-state index contributed by atoms with van der Waals surface area (Å²) in [5.74, 6) is 1.72. The van der Waals surface area contributed by atoms with Crippen molar-refractivity contribution in [3.05, 3.63) is 151 Å². The number of benzene rings is 5. The molecule has 168 valence electrons. The molecule has 0 N–H and O–H groups in total. The molecule has 1 nitrogen and oxygen atoms in total. The van der Waals surface area contributed by atoms with Crippen LogP contribution < -0.4 is 44.6 Å². The minimum absolute atomic E-state index is 0. The lowest BCUT2D eigenvalue weighted by Crippen LogP contribution is -3.00. The molecule has 5 aromatic rings. The Bertz CT molecular complexity index is 1200. The zero-order valence-corrected chi connectivity index (χ0v) is 21.8. The quantitative estimate of drug-likeness (QED) is 0.212. The first-order valence-corrected chi connectivity index (χ1v) is 13.2. The van der Waals surface area contributed by atoms with Crippen LogP contribution >= 0.6 is 7.26 Å². The van der Waals surface area contributed by atoms with Gasteiger partial charge in [-0.15, -0.1) is 0 Å². The summed E-state index contributed by atoms with van der Waals surface area (Å²) in [4.78, 5) is 0. The van der Waals surface area contributed by atoms with Crippen LogP contribution in [0.5, 0.6) is 11.5 Å². The third kappa shape index (κ3) is 5.24. The first-order valence-electron chi connectivity index (χ1n) is 11.2. The molecule has 0 saturated carbocycles. The van der Waals surface area contributed by atoms with E-state index < -0.39 is 7.26 Å². The van der Waals surface area contributed by atoms with E-state index in [9.17, 15) is 0 Å². The largest absolute Gasteiger partial charge is 1.00 e. The molecule has 0 aliphatic heterocycles. The monoisotopic (exact) mass is 572 g/mol. The molecule has 0 fully saturated rings. The van der Waals surface area contributed by atoms with E-state index in [0.29, 0.717) is 0 Å². The fourth-order valence-corrected chi connectivity index (χ4v) is 8.60. The number of rotatable bonds is 7. The molecule has 0 spiro atoms. The Morgan fingerprint density at radius 1 is 0.441 bits per heavy atom. The average molecular weight is 572 g/mol. The van der Waals surface area contributed by atoms with Gasteiger partial charge in [-0.1, -0.05) is 84.9 Å². The lowest BCUT2D eigenvalue weighted by atomic mass is 10.2. The molecular formula is C31H26IOP. The molecule has 0 saturated heterocycles. The standard InChI is InChI=1S/C31H26OP.HI/c1-5-15-27(16-6-1)32-28-17-13-14-26(24-28)25-33(29-18-7-2-8-19-29,30-20-9-3-10-21-30)31-22-11-4-12-23-31;/h1-24H,25H2;1H/q+1;/p-1. The summed E-state index contributed by atoms with van der Waals surface area (Å²) in [5.41, 5.74) is 1.27. The van der Waals surface area contributed by atoms with E-state index in [4.69, 9.17) is 4.74 Å². The Hall–Kier alpha value is -2.94. The highest BCUT2D eigenvalue weighted by Crippen LogP contribution is 2.58. The van der Waals surface area contributed by atoms with Crippen LogP contribution in [-0.2, 0) is 6.16 Å². The Morgan fingerprint density at radius 3 is 1.32 bits per heavy atom. The van der Waals surface area contributed by atoms with E-state index in [1.807, 2.05) is 36.4 Å². The molecule has 0 radical (unpaired) electrons. The topological polar surface area (TPSA) is 9.23 Å². The van der Waals surface area contributed by atoms with Crippen LogP contribution in [0.25, 0.3) is 0 Å². The van der Waals surface area contributed by atoms with Crippen molar-refractivity contribution in [1.82, 2.24) is 0 Å². The summed E-state index contributed by atoms with van der Waals surface area (Å²) in [6.45, 7) is 0. The fraction of sp³-hybridized carbons (Fsp3) is 0.0323. The van der Waals surface area contributed by atoms with E-state index in [2.05, 4.69) is 109 Å². The summed E-state index contributed by atoms with van der Waals surface area (Å²) in [5, 5.41) is 4.16. The third-order valence-corrected chi connectivity index (χ3v) is 10.3. The van der Waals surface area contributed by atoms with Crippen molar-refractivity contribution in [1.29, 1.82) is 0 Å². The maximum atomic E-state index is 6.16. The summed E-state index contributed by atoms with van der Waals surface area (Å²) in [7, 11) is -1.93. The smallest absolute Gasteiger partial charge is 0.127 e. The van der Waals surface area contributed by atoms with Gasteiger partial charge in [-0.3, -0.25) is 0 Å². The average Bonchev–Trinajstić information content (AvgIpc) is 2.90. The Kier molecular flexibility index (Phi) is 8.16. The molecule has 0 atom stereocenters. The van der Waals surface area contributed by atoms with Crippen molar-refractivity contribution in [2.45, 2.75) is 6.16 Å². The minimum Gasteiger partial charge on any atom is -1.00 e. The molecule has 0 amide bonds. The highest BCUT2D eigenvalue weighted by Gasteiger charge is 2.45. The fourth-order valence-electron chi connectivity index (χ4n) is 4.37. The highest BCUT2D eigenvalue weighted by molar-refractivity contribution is 7.95. The second kappa shape index (κ2) is 11.5. The molecule has 0 aliphatic carbocycles. The first-order chi connectivity index (χ1) is 16.3. The second-order valence-corrected chi connectivity index (χ2v) is 11.5. The zero-order chi connectivity index (χ0) is 22.3. The van der Waals surface area contributed by atoms with Gasteiger partial charge in [0.2, 0.25) is 0 Å². The van der Waals surface area contributed by atoms with E-state index in [0.717, 1.165) is 17.7 Å². The molecule has 0 aromatic heterocycles. The molecule has 5 aromatic carbocycles. The zero-order valence-electron chi connectivity index (χ0n) is 18.8. The minimum atomic E-state index is -1.93. The van der Waals surface area contributed by atoms with Gasteiger partial charge in [0.1, 0.15) is 34.7 Å². The number of halogens is 1. The van der Waals surface area contributed by atoms with Crippen LogP contribution in [-0.4, -0.2) is 0 Å². The normalized spacial score (nSPS) is 10.8. The number of hydrogen-bond acceptors (Lipinski definition) is 1. The summed E-state index contributed by atoms with van der Waals surface area (Å²) >= 11 is 0. The van der Waals surface area contributed by atoms with E-state index in [1.54, 1.807) is 0 Å². The van der Waals surface area contributed by atoms with Gasteiger partial charge in [-0.2, -0.15) is 0 Å². The Balaban J connectivity index is 0.00000274. The molecule has 0 aliphatic rings. The lowest BCUT2D eigenvalue weighted by Gasteiger charge is -2.28. The van der Waals surface area contributed by atoms with Gasteiger partial charge < -0.3 is 28.7 Å². The van der Waals surface area contributed by atoms with Crippen molar-refractivity contribution < 1.29 is 28.7 Å². The molecule has 0 heterocycles. The first kappa shape index (κ1) is 24.2. The van der Waals surface area contributed by atoms with Gasteiger partial charge in [-0.25, -0.2) is 0 Å². The van der Waals surface area contributed by atoms with Gasteiger partial charge in [0.05, 0.1) is 6.16 Å². The van der Waals surface area contributed by atoms with Crippen molar-refractivity contribution in [2.24, 2.45) is 0 Å². The van der Waals surface area contributed by atoms with Gasteiger partial charge in [0.15, 0.2) is 0 Å². The Morgan fingerprint density at radius 2 is 0.853 bits per heavy atom.